The smallest absolute Gasteiger partial charge is 0.415 e. The van der Waals surface area contributed by atoms with Gasteiger partial charge in [0, 0.05) is 75.4 Å². The first-order valence-corrected chi connectivity index (χ1v) is 22.6. The summed E-state index contributed by atoms with van der Waals surface area (Å²) in [6.07, 6.45) is 6.87. The Morgan fingerprint density at radius 3 is 2.30 bits per heavy atom. The van der Waals surface area contributed by atoms with E-state index in [0.717, 1.165) is 105 Å². The molecule has 3 saturated heterocycles. The minimum absolute atomic E-state index is 0.196. The lowest BCUT2D eigenvalue weighted by atomic mass is 9.89. The van der Waals surface area contributed by atoms with E-state index in [-0.39, 0.29) is 23.6 Å². The van der Waals surface area contributed by atoms with Gasteiger partial charge < -0.3 is 29.5 Å². The number of rotatable bonds is 8. The molecule has 3 fully saturated rings. The van der Waals surface area contributed by atoms with Gasteiger partial charge in [-0.25, -0.2) is 19.7 Å². The van der Waals surface area contributed by atoms with Gasteiger partial charge in [-0.1, -0.05) is 24.3 Å². The zero-order valence-electron chi connectivity index (χ0n) is 37.3. The molecular formula is C48H58N10O6. The van der Waals surface area contributed by atoms with Gasteiger partial charge in [-0.2, -0.15) is 0 Å². The predicted octanol–water partition coefficient (Wildman–Crippen LogP) is 5.67. The van der Waals surface area contributed by atoms with Gasteiger partial charge in [0.15, 0.2) is 0 Å². The molecule has 0 saturated carbocycles. The van der Waals surface area contributed by atoms with Gasteiger partial charge in [-0.3, -0.25) is 29.5 Å². The van der Waals surface area contributed by atoms with Crippen LogP contribution in [0.2, 0.25) is 0 Å². The monoisotopic (exact) mass is 870 g/mol. The minimum Gasteiger partial charge on any atom is -0.474 e. The molecule has 1 atom stereocenters. The van der Waals surface area contributed by atoms with Crippen molar-refractivity contribution in [3.8, 4) is 5.88 Å². The van der Waals surface area contributed by atoms with Crippen LogP contribution in [0.15, 0.2) is 60.9 Å². The number of hydrogen-bond donors (Lipinski definition) is 2. The molecule has 0 aliphatic carbocycles. The molecule has 5 aliphatic rings. The van der Waals surface area contributed by atoms with Crippen LogP contribution in [0.4, 0.5) is 33.5 Å². The molecule has 0 radical (unpaired) electrons. The molecule has 16 heteroatoms. The lowest BCUT2D eigenvalue weighted by Gasteiger charge is -2.38. The zero-order chi connectivity index (χ0) is 44.5. The van der Waals surface area contributed by atoms with Crippen molar-refractivity contribution < 1.29 is 28.7 Å². The van der Waals surface area contributed by atoms with Crippen molar-refractivity contribution in [2.45, 2.75) is 83.8 Å². The third-order valence-electron chi connectivity index (χ3n) is 13.1. The largest absolute Gasteiger partial charge is 0.474 e. The van der Waals surface area contributed by atoms with Gasteiger partial charge in [0.05, 0.1) is 43.1 Å². The minimum atomic E-state index is -0.623. The highest BCUT2D eigenvalue weighted by Crippen LogP contribution is 2.40. The van der Waals surface area contributed by atoms with Crippen molar-refractivity contribution in [3.05, 3.63) is 88.9 Å². The Kier molecular flexibility index (Phi) is 12.1. The number of nitrogens with one attached hydrogen (secondary N) is 2. The number of hydrogen-bond acceptors (Lipinski definition) is 13. The van der Waals surface area contributed by atoms with Crippen molar-refractivity contribution >= 4 is 52.5 Å². The fraction of sp³-hybridized carbons (Fsp3) is 0.479. The number of ether oxygens (including phenoxy) is 2. The lowest BCUT2D eigenvalue weighted by molar-refractivity contribution is -0.135. The standard InChI is InChI=1S/C48H58N10O6/c1-31-40(28-49-45-43(31)58(25-26-63-45)47(62)64-48(2,3)4)57-20-17-35-27-50-46(52-39(35)29-57)51-36-9-5-32(6-10-36)33-15-18-56(19-16-33)42(60)30-54-21-23-55(24-22-54)37-11-7-34(8-12-37)38-13-14-41(59)53-44(38)61/h5-12,27-28,33,38H,13-26,29-30H2,1-4H3,(H,50,51,52)(H,53,59,61). The number of nitrogens with zero attached hydrogens (tertiary/aromatic N) is 8. The highest BCUT2D eigenvalue weighted by Gasteiger charge is 2.34. The Bertz CT molecular complexity index is 2390. The maximum atomic E-state index is 13.4. The van der Waals surface area contributed by atoms with Crippen molar-refractivity contribution in [2.75, 3.05) is 85.5 Å². The molecule has 336 valence electrons. The van der Waals surface area contributed by atoms with E-state index < -0.39 is 11.7 Å². The lowest BCUT2D eigenvalue weighted by Crippen LogP contribution is -2.51. The molecule has 9 rings (SSSR count). The van der Waals surface area contributed by atoms with Gasteiger partial charge in [0.2, 0.25) is 29.5 Å². The first kappa shape index (κ1) is 43.0. The molecule has 0 bridgehead atoms. The summed E-state index contributed by atoms with van der Waals surface area (Å²) in [4.78, 5) is 75.1. The number of carbonyl (C=O) groups excluding carboxylic acids is 4. The van der Waals surface area contributed by atoms with Crippen LogP contribution in [0.1, 0.15) is 86.2 Å². The molecule has 5 aliphatic heterocycles. The summed E-state index contributed by atoms with van der Waals surface area (Å²) in [6, 6.07) is 16.6. The number of carbonyl (C=O) groups is 4. The highest BCUT2D eigenvalue weighted by atomic mass is 16.6. The number of piperidine rings is 2. The zero-order valence-corrected chi connectivity index (χ0v) is 37.3. The number of benzene rings is 2. The molecule has 0 spiro atoms. The van der Waals surface area contributed by atoms with E-state index in [1.807, 2.05) is 57.1 Å². The second-order valence-corrected chi connectivity index (χ2v) is 18.5. The Balaban J connectivity index is 0.741. The third kappa shape index (κ3) is 9.47. The van der Waals surface area contributed by atoms with Crippen LogP contribution in [0.3, 0.4) is 0 Å². The van der Waals surface area contributed by atoms with Crippen molar-refractivity contribution in [1.82, 2.24) is 30.1 Å². The van der Waals surface area contributed by atoms with Gasteiger partial charge in [0.1, 0.15) is 17.9 Å². The summed E-state index contributed by atoms with van der Waals surface area (Å²) in [5, 5.41) is 5.85. The summed E-state index contributed by atoms with van der Waals surface area (Å²) < 4.78 is 11.6. The number of pyridine rings is 1. The molecule has 1 unspecified atom stereocenters. The third-order valence-corrected chi connectivity index (χ3v) is 13.1. The Morgan fingerprint density at radius 2 is 1.58 bits per heavy atom. The van der Waals surface area contributed by atoms with E-state index in [9.17, 15) is 19.2 Å². The highest BCUT2D eigenvalue weighted by molar-refractivity contribution is 6.01. The number of amides is 4. The Morgan fingerprint density at radius 1 is 0.844 bits per heavy atom. The molecule has 2 N–H and O–H groups in total. The van der Waals surface area contributed by atoms with E-state index >= 15 is 0 Å². The fourth-order valence-electron chi connectivity index (χ4n) is 9.53. The quantitative estimate of drug-likeness (QED) is 0.209. The number of piperazine rings is 1. The maximum Gasteiger partial charge on any atom is 0.415 e. The number of aromatic nitrogens is 3. The van der Waals surface area contributed by atoms with E-state index in [1.165, 1.54) is 5.56 Å². The van der Waals surface area contributed by atoms with Crippen LogP contribution in [0.25, 0.3) is 0 Å². The number of imide groups is 1. The molecule has 16 nitrogen and oxygen atoms in total. The van der Waals surface area contributed by atoms with Crippen molar-refractivity contribution in [1.29, 1.82) is 0 Å². The van der Waals surface area contributed by atoms with Gasteiger partial charge in [-0.15, -0.1) is 0 Å². The predicted molar refractivity (Wildman–Crippen MR) is 243 cm³/mol. The van der Waals surface area contributed by atoms with E-state index in [0.29, 0.717) is 62.5 Å². The average molecular weight is 871 g/mol. The summed E-state index contributed by atoms with van der Waals surface area (Å²) in [5.74, 6) is 0.856. The average Bonchev–Trinajstić information content (AvgIpc) is 3.29. The summed E-state index contributed by atoms with van der Waals surface area (Å²) in [7, 11) is 0. The van der Waals surface area contributed by atoms with Crippen LogP contribution in [0, 0.1) is 6.92 Å². The summed E-state index contributed by atoms with van der Waals surface area (Å²) >= 11 is 0. The Hall–Kier alpha value is -6.29. The first-order chi connectivity index (χ1) is 30.8. The van der Waals surface area contributed by atoms with Crippen molar-refractivity contribution in [3.63, 3.8) is 0 Å². The molecule has 2 aromatic heterocycles. The van der Waals surface area contributed by atoms with Crippen LogP contribution in [-0.4, -0.2) is 120 Å². The Labute approximate surface area is 374 Å². The number of anilines is 5. The van der Waals surface area contributed by atoms with Gasteiger partial charge in [-0.05, 0) is 100 Å². The van der Waals surface area contributed by atoms with Gasteiger partial charge >= 0.3 is 6.09 Å². The van der Waals surface area contributed by atoms with E-state index in [4.69, 9.17) is 14.5 Å². The van der Waals surface area contributed by atoms with Crippen LogP contribution >= 0.6 is 0 Å². The molecule has 4 aromatic rings. The first-order valence-electron chi connectivity index (χ1n) is 22.6. The van der Waals surface area contributed by atoms with E-state index in [1.54, 1.807) is 4.90 Å². The van der Waals surface area contributed by atoms with Gasteiger partial charge in [0.25, 0.3) is 0 Å². The summed E-state index contributed by atoms with van der Waals surface area (Å²) in [5.41, 5.74) is 8.13. The topological polar surface area (TPSA) is 166 Å². The normalized spacial score (nSPS) is 19.7. The van der Waals surface area contributed by atoms with Crippen LogP contribution in [0.5, 0.6) is 5.88 Å². The molecule has 7 heterocycles. The summed E-state index contributed by atoms with van der Waals surface area (Å²) in [6.45, 7) is 14.9. The fourth-order valence-corrected chi connectivity index (χ4v) is 9.53. The molecule has 2 aromatic carbocycles. The van der Waals surface area contributed by atoms with Crippen LogP contribution < -0.4 is 30.1 Å². The van der Waals surface area contributed by atoms with E-state index in [2.05, 4.69) is 71.7 Å². The molecular weight excluding hydrogens is 813 g/mol. The SMILES string of the molecule is Cc1c(N2CCc3cnc(Nc4ccc(C5CCN(C(=O)CN6CCN(c7ccc(C8CCC(=O)NC8=O)cc7)CC6)CC5)cc4)nc3C2)cnc2c1N(C(=O)OC(C)(C)C)CCO2. The molecule has 64 heavy (non-hydrogen) atoms. The second kappa shape index (κ2) is 18.1. The van der Waals surface area contributed by atoms with Crippen LogP contribution in [-0.2, 0) is 32.1 Å². The second-order valence-electron chi connectivity index (χ2n) is 18.5. The number of fused-ring (bicyclic) bond motifs is 2. The van der Waals surface area contributed by atoms with Crippen molar-refractivity contribution in [2.24, 2.45) is 0 Å². The maximum absolute atomic E-state index is 13.4. The molecule has 4 amide bonds. The number of likely N-dealkylation sites (tertiary alicyclic amines) is 1.